The maximum atomic E-state index is 13.4. The van der Waals surface area contributed by atoms with E-state index in [-0.39, 0.29) is 17.9 Å². The molecular formula is C11H11F2N3O. The smallest absolute Gasteiger partial charge is 0.151 e. The highest BCUT2D eigenvalue weighted by molar-refractivity contribution is 5.54. The number of nitrogen functional groups attached to an aromatic ring is 1. The fourth-order valence-electron chi connectivity index (χ4n) is 1.44. The Bertz CT molecular complexity index is 516. The van der Waals surface area contributed by atoms with Gasteiger partial charge in [0.05, 0.1) is 6.54 Å². The highest BCUT2D eigenvalue weighted by atomic mass is 19.1. The number of anilines is 2. The standard InChI is InChI=1S/C11H11F2N3O/c1-6-2-8(16-17-6)5-15-11-9(12)3-7(14)4-10(11)13/h2-4,15H,5,14H2,1H3. The van der Waals surface area contributed by atoms with Gasteiger partial charge in [0.1, 0.15) is 17.1 Å². The van der Waals surface area contributed by atoms with E-state index in [1.54, 1.807) is 13.0 Å². The molecule has 0 radical (unpaired) electrons. The second-order valence-corrected chi connectivity index (χ2v) is 3.64. The molecule has 0 aliphatic rings. The number of halogens is 2. The van der Waals surface area contributed by atoms with E-state index in [2.05, 4.69) is 10.5 Å². The van der Waals surface area contributed by atoms with Crippen LogP contribution in [0.5, 0.6) is 0 Å². The molecule has 3 N–H and O–H groups in total. The predicted octanol–water partition coefficient (Wildman–Crippen LogP) is 2.46. The van der Waals surface area contributed by atoms with Crippen molar-refractivity contribution < 1.29 is 13.3 Å². The summed E-state index contributed by atoms with van der Waals surface area (Å²) in [5, 5.41) is 6.31. The third kappa shape index (κ3) is 2.52. The minimum absolute atomic E-state index is 0.0443. The molecule has 2 rings (SSSR count). The number of aromatic nitrogens is 1. The van der Waals surface area contributed by atoms with E-state index in [0.29, 0.717) is 11.5 Å². The maximum absolute atomic E-state index is 13.4. The van der Waals surface area contributed by atoms with Crippen molar-refractivity contribution in [3.05, 3.63) is 41.3 Å². The van der Waals surface area contributed by atoms with Crippen molar-refractivity contribution in [2.45, 2.75) is 13.5 Å². The van der Waals surface area contributed by atoms with Crippen LogP contribution in [0.1, 0.15) is 11.5 Å². The minimum Gasteiger partial charge on any atom is -0.399 e. The van der Waals surface area contributed by atoms with E-state index in [0.717, 1.165) is 12.1 Å². The number of rotatable bonds is 3. The third-order valence-electron chi connectivity index (χ3n) is 2.19. The number of hydrogen-bond acceptors (Lipinski definition) is 4. The van der Waals surface area contributed by atoms with Gasteiger partial charge in [-0.2, -0.15) is 0 Å². The number of nitrogens with one attached hydrogen (secondary N) is 1. The average Bonchev–Trinajstić information content (AvgIpc) is 2.62. The summed E-state index contributed by atoms with van der Waals surface area (Å²) in [6, 6.07) is 3.79. The van der Waals surface area contributed by atoms with Crippen LogP contribution in [0.4, 0.5) is 20.2 Å². The molecule has 0 saturated carbocycles. The first-order chi connectivity index (χ1) is 8.06. The summed E-state index contributed by atoms with van der Waals surface area (Å²) in [5.74, 6) is -0.828. The summed E-state index contributed by atoms with van der Waals surface area (Å²) in [6.07, 6.45) is 0. The van der Waals surface area contributed by atoms with Gasteiger partial charge in [-0.25, -0.2) is 8.78 Å². The first kappa shape index (κ1) is 11.4. The predicted molar refractivity (Wildman–Crippen MR) is 59.3 cm³/mol. The van der Waals surface area contributed by atoms with E-state index in [9.17, 15) is 8.78 Å². The number of nitrogens with zero attached hydrogens (tertiary/aromatic N) is 1. The zero-order chi connectivity index (χ0) is 12.4. The van der Waals surface area contributed by atoms with Crippen LogP contribution in [0.3, 0.4) is 0 Å². The molecule has 17 heavy (non-hydrogen) atoms. The van der Waals surface area contributed by atoms with Crippen molar-refractivity contribution >= 4 is 11.4 Å². The van der Waals surface area contributed by atoms with Crippen LogP contribution in [0.15, 0.2) is 22.7 Å². The lowest BCUT2D eigenvalue weighted by Crippen LogP contribution is -2.05. The topological polar surface area (TPSA) is 64.1 Å². The molecule has 4 nitrogen and oxygen atoms in total. The summed E-state index contributed by atoms with van der Waals surface area (Å²) in [6.45, 7) is 1.91. The molecular weight excluding hydrogens is 228 g/mol. The van der Waals surface area contributed by atoms with Crippen molar-refractivity contribution in [1.82, 2.24) is 5.16 Å². The molecule has 1 heterocycles. The molecule has 90 valence electrons. The zero-order valence-corrected chi connectivity index (χ0v) is 9.13. The Morgan fingerprint density at radius 2 is 1.94 bits per heavy atom. The molecule has 0 unspecified atom stereocenters. The van der Waals surface area contributed by atoms with Gasteiger partial charge in [-0.3, -0.25) is 0 Å². The van der Waals surface area contributed by atoms with Crippen LogP contribution in [0.25, 0.3) is 0 Å². The molecule has 1 aromatic carbocycles. The molecule has 2 aromatic rings. The van der Waals surface area contributed by atoms with E-state index in [1.807, 2.05) is 0 Å². The van der Waals surface area contributed by atoms with Crippen LogP contribution in [-0.2, 0) is 6.54 Å². The van der Waals surface area contributed by atoms with E-state index >= 15 is 0 Å². The SMILES string of the molecule is Cc1cc(CNc2c(F)cc(N)cc2F)no1. The van der Waals surface area contributed by atoms with Crippen molar-refractivity contribution in [3.63, 3.8) is 0 Å². The second-order valence-electron chi connectivity index (χ2n) is 3.64. The van der Waals surface area contributed by atoms with Gasteiger partial charge in [0.2, 0.25) is 0 Å². The minimum atomic E-state index is -0.734. The average molecular weight is 239 g/mol. The Kier molecular flexibility index (Phi) is 2.95. The van der Waals surface area contributed by atoms with Crippen LogP contribution in [0.2, 0.25) is 0 Å². The fourth-order valence-corrected chi connectivity index (χ4v) is 1.44. The van der Waals surface area contributed by atoms with Crippen molar-refractivity contribution in [1.29, 1.82) is 0 Å². The molecule has 0 bridgehead atoms. The van der Waals surface area contributed by atoms with Crippen LogP contribution >= 0.6 is 0 Å². The van der Waals surface area contributed by atoms with Gasteiger partial charge in [-0.1, -0.05) is 5.16 Å². The fraction of sp³-hybridized carbons (Fsp3) is 0.182. The van der Waals surface area contributed by atoms with Crippen molar-refractivity contribution in [2.24, 2.45) is 0 Å². The molecule has 0 saturated heterocycles. The number of benzene rings is 1. The quantitative estimate of drug-likeness (QED) is 0.807. The Labute approximate surface area is 96.4 Å². The normalized spacial score (nSPS) is 10.5. The molecule has 0 aliphatic carbocycles. The molecule has 1 aromatic heterocycles. The maximum Gasteiger partial charge on any atom is 0.151 e. The van der Waals surface area contributed by atoms with Crippen LogP contribution in [0, 0.1) is 18.6 Å². The Hall–Kier alpha value is -2.11. The summed E-state index contributed by atoms with van der Waals surface area (Å²) in [4.78, 5) is 0. The van der Waals surface area contributed by atoms with Gasteiger partial charge in [0, 0.05) is 11.8 Å². The molecule has 0 aliphatic heterocycles. The molecule has 0 amide bonds. The lowest BCUT2D eigenvalue weighted by Gasteiger charge is -2.07. The first-order valence-electron chi connectivity index (χ1n) is 4.97. The van der Waals surface area contributed by atoms with Crippen LogP contribution < -0.4 is 11.1 Å². The van der Waals surface area contributed by atoms with Gasteiger partial charge in [0.25, 0.3) is 0 Å². The summed E-state index contributed by atoms with van der Waals surface area (Å²) in [7, 11) is 0. The molecule has 0 spiro atoms. The van der Waals surface area contributed by atoms with Gasteiger partial charge in [-0.15, -0.1) is 0 Å². The molecule has 6 heteroatoms. The number of aryl methyl sites for hydroxylation is 1. The van der Waals surface area contributed by atoms with E-state index in [4.69, 9.17) is 10.3 Å². The number of nitrogens with two attached hydrogens (primary N) is 1. The third-order valence-corrected chi connectivity index (χ3v) is 2.19. The summed E-state index contributed by atoms with van der Waals surface area (Å²) >= 11 is 0. The summed E-state index contributed by atoms with van der Waals surface area (Å²) in [5.41, 5.74) is 5.69. The van der Waals surface area contributed by atoms with E-state index in [1.165, 1.54) is 0 Å². The van der Waals surface area contributed by atoms with E-state index < -0.39 is 11.6 Å². The first-order valence-corrected chi connectivity index (χ1v) is 4.97. The lowest BCUT2D eigenvalue weighted by atomic mass is 10.2. The second kappa shape index (κ2) is 4.40. The van der Waals surface area contributed by atoms with Gasteiger partial charge in [0.15, 0.2) is 11.6 Å². The molecule has 0 fully saturated rings. The van der Waals surface area contributed by atoms with Gasteiger partial charge in [-0.05, 0) is 19.1 Å². The van der Waals surface area contributed by atoms with Gasteiger partial charge >= 0.3 is 0 Å². The Morgan fingerprint density at radius 1 is 1.29 bits per heavy atom. The lowest BCUT2D eigenvalue weighted by molar-refractivity contribution is 0.391. The molecule has 0 atom stereocenters. The summed E-state index contributed by atoms with van der Waals surface area (Å²) < 4.78 is 31.6. The van der Waals surface area contributed by atoms with Crippen molar-refractivity contribution in [2.75, 3.05) is 11.1 Å². The largest absolute Gasteiger partial charge is 0.399 e. The van der Waals surface area contributed by atoms with Crippen molar-refractivity contribution in [3.8, 4) is 0 Å². The zero-order valence-electron chi connectivity index (χ0n) is 9.13. The van der Waals surface area contributed by atoms with Gasteiger partial charge < -0.3 is 15.6 Å². The Balaban J connectivity index is 2.14. The highest BCUT2D eigenvalue weighted by Gasteiger charge is 2.10. The Morgan fingerprint density at radius 3 is 2.47 bits per heavy atom. The number of hydrogen-bond donors (Lipinski definition) is 2. The van der Waals surface area contributed by atoms with Crippen LogP contribution in [-0.4, -0.2) is 5.16 Å². The monoisotopic (exact) mass is 239 g/mol. The highest BCUT2D eigenvalue weighted by Crippen LogP contribution is 2.22.